The van der Waals surface area contributed by atoms with Crippen LogP contribution in [0.5, 0.6) is 5.75 Å². The zero-order chi connectivity index (χ0) is 13.3. The fraction of sp³-hybridized carbons (Fsp3) is 0.357. The minimum atomic E-state index is 0.552. The van der Waals surface area contributed by atoms with E-state index in [1.165, 1.54) is 0 Å². The van der Waals surface area contributed by atoms with Crippen LogP contribution in [-0.4, -0.2) is 16.8 Å². The number of benzene rings is 1. The lowest BCUT2D eigenvalue weighted by Gasteiger charge is -2.12. The number of aromatic nitrogens is 2. The molecule has 0 fully saturated rings. The molecular weight excluding hydrogens is 226 g/mol. The van der Waals surface area contributed by atoms with Crippen molar-refractivity contribution in [2.45, 2.75) is 27.7 Å². The first-order chi connectivity index (χ1) is 8.54. The summed E-state index contributed by atoms with van der Waals surface area (Å²) in [5, 5.41) is 7.04. The molecular formula is C14H19N3O. The number of aromatic amines is 1. The molecule has 4 heteroatoms. The molecule has 0 unspecified atom stereocenters. The average molecular weight is 245 g/mol. The first kappa shape index (κ1) is 12.5. The second-order valence-electron chi connectivity index (χ2n) is 4.47. The lowest BCUT2D eigenvalue weighted by molar-refractivity contribution is 0.337. The quantitative estimate of drug-likeness (QED) is 0.873. The molecule has 0 bridgehead atoms. The smallest absolute Gasteiger partial charge is 0.148 e. The van der Waals surface area contributed by atoms with Crippen molar-refractivity contribution >= 4 is 5.82 Å². The highest BCUT2D eigenvalue weighted by molar-refractivity contribution is 5.72. The molecule has 0 aliphatic carbocycles. The number of nitrogens with one attached hydrogen (secondary N) is 1. The lowest BCUT2D eigenvalue weighted by atomic mass is 10.00. The van der Waals surface area contributed by atoms with Crippen LogP contribution < -0.4 is 10.5 Å². The van der Waals surface area contributed by atoms with E-state index in [0.717, 1.165) is 33.7 Å². The Morgan fingerprint density at radius 1 is 1.22 bits per heavy atom. The highest BCUT2D eigenvalue weighted by Gasteiger charge is 2.13. The molecule has 0 aliphatic heterocycles. The molecule has 3 N–H and O–H groups in total. The Labute approximate surface area is 107 Å². The van der Waals surface area contributed by atoms with Crippen molar-refractivity contribution in [1.29, 1.82) is 0 Å². The van der Waals surface area contributed by atoms with Gasteiger partial charge in [0.25, 0.3) is 0 Å². The fourth-order valence-electron chi connectivity index (χ4n) is 2.04. The van der Waals surface area contributed by atoms with Gasteiger partial charge in [0.1, 0.15) is 11.6 Å². The highest BCUT2D eigenvalue weighted by Crippen LogP contribution is 2.32. The number of nitrogens with two attached hydrogens (primary N) is 1. The van der Waals surface area contributed by atoms with Crippen molar-refractivity contribution in [2.24, 2.45) is 0 Å². The molecule has 0 spiro atoms. The van der Waals surface area contributed by atoms with Crippen LogP contribution >= 0.6 is 0 Å². The Balaban J connectivity index is 2.53. The van der Waals surface area contributed by atoms with Crippen LogP contribution in [0.2, 0.25) is 0 Å². The molecule has 0 radical (unpaired) electrons. The Morgan fingerprint density at radius 3 is 2.50 bits per heavy atom. The summed E-state index contributed by atoms with van der Waals surface area (Å²) in [5.74, 6) is 1.49. The van der Waals surface area contributed by atoms with Gasteiger partial charge in [-0.25, -0.2) is 0 Å². The zero-order valence-electron chi connectivity index (χ0n) is 11.3. The van der Waals surface area contributed by atoms with E-state index in [9.17, 15) is 0 Å². The molecule has 0 saturated heterocycles. The maximum atomic E-state index is 5.78. The Morgan fingerprint density at radius 2 is 1.94 bits per heavy atom. The summed E-state index contributed by atoms with van der Waals surface area (Å²) in [4.78, 5) is 0. The third-order valence-electron chi connectivity index (χ3n) is 3.14. The topological polar surface area (TPSA) is 63.9 Å². The number of rotatable bonds is 3. The number of nitrogen functional groups attached to an aromatic ring is 1. The minimum Gasteiger partial charge on any atom is -0.494 e. The minimum absolute atomic E-state index is 0.552. The van der Waals surface area contributed by atoms with Gasteiger partial charge in [-0.05, 0) is 51.0 Å². The number of hydrogen-bond acceptors (Lipinski definition) is 3. The van der Waals surface area contributed by atoms with E-state index in [4.69, 9.17) is 10.5 Å². The summed E-state index contributed by atoms with van der Waals surface area (Å²) in [7, 11) is 0. The van der Waals surface area contributed by atoms with Gasteiger partial charge in [0.05, 0.1) is 12.3 Å². The van der Waals surface area contributed by atoms with Gasteiger partial charge in [-0.1, -0.05) is 0 Å². The summed E-state index contributed by atoms with van der Waals surface area (Å²) in [6.45, 7) is 8.74. The highest BCUT2D eigenvalue weighted by atomic mass is 16.5. The fourth-order valence-corrected chi connectivity index (χ4v) is 2.04. The van der Waals surface area contributed by atoms with Crippen LogP contribution in [0.4, 0.5) is 5.82 Å². The molecule has 96 valence electrons. The van der Waals surface area contributed by atoms with Gasteiger partial charge in [0.2, 0.25) is 0 Å². The largest absolute Gasteiger partial charge is 0.494 e. The Hall–Kier alpha value is -1.97. The second kappa shape index (κ2) is 4.72. The molecule has 2 rings (SSSR count). The first-order valence-corrected chi connectivity index (χ1v) is 6.09. The molecule has 1 aromatic heterocycles. The summed E-state index contributed by atoms with van der Waals surface area (Å²) < 4.78 is 5.59. The maximum absolute atomic E-state index is 5.78. The van der Waals surface area contributed by atoms with E-state index in [0.29, 0.717) is 12.4 Å². The number of anilines is 1. The third-order valence-corrected chi connectivity index (χ3v) is 3.14. The van der Waals surface area contributed by atoms with Crippen LogP contribution in [0.1, 0.15) is 23.6 Å². The third kappa shape index (κ3) is 2.06. The van der Waals surface area contributed by atoms with Crippen molar-refractivity contribution in [3.8, 4) is 17.0 Å². The summed E-state index contributed by atoms with van der Waals surface area (Å²) in [5.41, 5.74) is 11.1. The van der Waals surface area contributed by atoms with E-state index in [1.54, 1.807) is 0 Å². The normalized spacial score (nSPS) is 10.7. The molecule has 0 aliphatic rings. The Kier molecular flexibility index (Phi) is 3.28. The molecule has 2 aromatic rings. The monoisotopic (exact) mass is 245 g/mol. The van der Waals surface area contributed by atoms with Crippen LogP contribution in [0.3, 0.4) is 0 Å². The van der Waals surface area contributed by atoms with Gasteiger partial charge in [-0.3, -0.25) is 5.10 Å². The molecule has 4 nitrogen and oxygen atoms in total. The van der Waals surface area contributed by atoms with Gasteiger partial charge in [-0.2, -0.15) is 5.10 Å². The van der Waals surface area contributed by atoms with E-state index < -0.39 is 0 Å². The van der Waals surface area contributed by atoms with E-state index >= 15 is 0 Å². The van der Waals surface area contributed by atoms with E-state index in [1.807, 2.05) is 20.8 Å². The SMILES string of the molecule is CCOc1cc(C)c(-c2[nH]nc(N)c2C)cc1C. The van der Waals surface area contributed by atoms with Crippen LogP contribution in [0.25, 0.3) is 11.3 Å². The molecule has 1 aromatic carbocycles. The summed E-state index contributed by atoms with van der Waals surface area (Å²) in [6, 6.07) is 4.17. The van der Waals surface area contributed by atoms with Crippen LogP contribution in [0, 0.1) is 20.8 Å². The number of aryl methyl sites for hydroxylation is 2. The van der Waals surface area contributed by atoms with Crippen LogP contribution in [-0.2, 0) is 0 Å². The molecule has 0 saturated carbocycles. The molecule has 1 heterocycles. The second-order valence-corrected chi connectivity index (χ2v) is 4.47. The first-order valence-electron chi connectivity index (χ1n) is 6.09. The number of ether oxygens (including phenoxy) is 1. The predicted molar refractivity (Wildman–Crippen MR) is 73.8 cm³/mol. The van der Waals surface area contributed by atoms with E-state index in [2.05, 4.69) is 29.3 Å². The van der Waals surface area contributed by atoms with Gasteiger partial charge in [0, 0.05) is 11.1 Å². The van der Waals surface area contributed by atoms with Crippen molar-refractivity contribution in [3.05, 3.63) is 28.8 Å². The van der Waals surface area contributed by atoms with E-state index in [-0.39, 0.29) is 0 Å². The van der Waals surface area contributed by atoms with Crippen LogP contribution in [0.15, 0.2) is 12.1 Å². The average Bonchev–Trinajstić information content (AvgIpc) is 2.65. The molecule has 18 heavy (non-hydrogen) atoms. The molecule has 0 atom stereocenters. The zero-order valence-corrected chi connectivity index (χ0v) is 11.3. The van der Waals surface area contributed by atoms with Crippen molar-refractivity contribution < 1.29 is 4.74 Å². The number of nitrogens with zero attached hydrogens (tertiary/aromatic N) is 1. The standard InChI is InChI=1S/C14H19N3O/c1-5-18-12-7-8(2)11(6-9(12)3)13-10(4)14(15)17-16-13/h6-7H,5H2,1-4H3,(H3,15,16,17). The summed E-state index contributed by atoms with van der Waals surface area (Å²) in [6.07, 6.45) is 0. The molecule has 0 amide bonds. The van der Waals surface area contributed by atoms with Crippen molar-refractivity contribution in [3.63, 3.8) is 0 Å². The van der Waals surface area contributed by atoms with Crippen molar-refractivity contribution in [2.75, 3.05) is 12.3 Å². The lowest BCUT2D eigenvalue weighted by Crippen LogP contribution is -1.96. The van der Waals surface area contributed by atoms with Gasteiger partial charge >= 0.3 is 0 Å². The van der Waals surface area contributed by atoms with Gasteiger partial charge in [0.15, 0.2) is 0 Å². The summed E-state index contributed by atoms with van der Waals surface area (Å²) >= 11 is 0. The number of H-pyrrole nitrogens is 1. The van der Waals surface area contributed by atoms with Gasteiger partial charge in [-0.15, -0.1) is 0 Å². The predicted octanol–water partition coefficient (Wildman–Crippen LogP) is 2.98. The van der Waals surface area contributed by atoms with Crippen molar-refractivity contribution in [1.82, 2.24) is 10.2 Å². The number of hydrogen-bond donors (Lipinski definition) is 2. The van der Waals surface area contributed by atoms with Gasteiger partial charge < -0.3 is 10.5 Å². The Bertz CT molecular complexity index is 573. The maximum Gasteiger partial charge on any atom is 0.148 e.